The summed E-state index contributed by atoms with van der Waals surface area (Å²) >= 11 is 0. The van der Waals surface area contributed by atoms with Gasteiger partial charge in [0.1, 0.15) is 5.75 Å². The van der Waals surface area contributed by atoms with Gasteiger partial charge in [-0.15, -0.1) is 0 Å². The van der Waals surface area contributed by atoms with Crippen LogP contribution in [0.15, 0.2) is 18.2 Å². The highest BCUT2D eigenvalue weighted by atomic mass is 16.3. The number of anilines is 1. The lowest BCUT2D eigenvalue weighted by molar-refractivity contribution is 0.474. The zero-order chi connectivity index (χ0) is 9.26. The van der Waals surface area contributed by atoms with Crippen LogP contribution < -0.4 is 5.32 Å². The standard InChI is InChI=1S/C11H15NO/c1-2-3-8-7-12-11-5-4-9(13)6-10(8)11/h4-6,8,12-13H,2-3,7H2,1H3. The minimum atomic E-state index is 0.378. The summed E-state index contributed by atoms with van der Waals surface area (Å²) in [6.45, 7) is 3.22. The first-order valence-electron chi connectivity index (χ1n) is 4.88. The summed E-state index contributed by atoms with van der Waals surface area (Å²) in [5, 5.41) is 12.7. The lowest BCUT2D eigenvalue weighted by Gasteiger charge is -2.07. The quantitative estimate of drug-likeness (QED) is 0.681. The molecule has 2 heteroatoms. The van der Waals surface area contributed by atoms with Gasteiger partial charge in [0.2, 0.25) is 0 Å². The molecule has 2 N–H and O–H groups in total. The van der Waals surface area contributed by atoms with Gasteiger partial charge in [-0.25, -0.2) is 0 Å². The van der Waals surface area contributed by atoms with Crippen molar-refractivity contribution in [1.82, 2.24) is 0 Å². The monoisotopic (exact) mass is 177 g/mol. The van der Waals surface area contributed by atoms with Crippen LogP contribution in [0, 0.1) is 0 Å². The van der Waals surface area contributed by atoms with Gasteiger partial charge in [0.15, 0.2) is 0 Å². The molecule has 0 fully saturated rings. The third-order valence-electron chi connectivity index (χ3n) is 2.65. The molecule has 2 rings (SSSR count). The summed E-state index contributed by atoms with van der Waals surface area (Å²) in [4.78, 5) is 0. The molecule has 0 saturated carbocycles. The van der Waals surface area contributed by atoms with Gasteiger partial charge in [-0.2, -0.15) is 0 Å². The number of hydrogen-bond acceptors (Lipinski definition) is 2. The number of rotatable bonds is 2. The Morgan fingerprint density at radius 2 is 2.38 bits per heavy atom. The van der Waals surface area contributed by atoms with Gasteiger partial charge in [-0.05, 0) is 30.2 Å². The Hall–Kier alpha value is -1.18. The smallest absolute Gasteiger partial charge is 0.116 e. The first-order valence-corrected chi connectivity index (χ1v) is 4.88. The van der Waals surface area contributed by atoms with Crippen molar-refractivity contribution in [3.8, 4) is 5.75 Å². The topological polar surface area (TPSA) is 32.3 Å². The van der Waals surface area contributed by atoms with Crippen LogP contribution in [-0.2, 0) is 0 Å². The van der Waals surface area contributed by atoms with Crippen LogP contribution in [0.3, 0.4) is 0 Å². The molecule has 1 atom stereocenters. The maximum atomic E-state index is 9.35. The average molecular weight is 177 g/mol. The molecule has 0 saturated heterocycles. The molecule has 1 unspecified atom stereocenters. The molecular formula is C11H15NO. The lowest BCUT2D eigenvalue weighted by atomic mass is 9.96. The molecule has 1 aliphatic heterocycles. The Balaban J connectivity index is 2.29. The van der Waals surface area contributed by atoms with Gasteiger partial charge in [0.05, 0.1) is 0 Å². The van der Waals surface area contributed by atoms with E-state index < -0.39 is 0 Å². The number of benzene rings is 1. The van der Waals surface area contributed by atoms with Crippen LogP contribution in [-0.4, -0.2) is 11.7 Å². The number of aromatic hydroxyl groups is 1. The fourth-order valence-electron chi connectivity index (χ4n) is 2.00. The third kappa shape index (κ3) is 1.48. The zero-order valence-corrected chi connectivity index (χ0v) is 7.88. The maximum absolute atomic E-state index is 9.35. The number of fused-ring (bicyclic) bond motifs is 1. The van der Waals surface area contributed by atoms with Crippen LogP contribution in [0.25, 0.3) is 0 Å². The Morgan fingerprint density at radius 3 is 3.15 bits per heavy atom. The van der Waals surface area contributed by atoms with Crippen molar-refractivity contribution >= 4 is 5.69 Å². The molecule has 1 aromatic rings. The fraction of sp³-hybridized carbons (Fsp3) is 0.455. The molecule has 70 valence electrons. The second-order valence-electron chi connectivity index (χ2n) is 3.64. The van der Waals surface area contributed by atoms with Crippen LogP contribution in [0.2, 0.25) is 0 Å². The number of hydrogen-bond donors (Lipinski definition) is 2. The molecule has 1 aromatic carbocycles. The lowest BCUT2D eigenvalue weighted by Crippen LogP contribution is -2.00. The predicted molar refractivity (Wildman–Crippen MR) is 54.2 cm³/mol. The third-order valence-corrected chi connectivity index (χ3v) is 2.65. The van der Waals surface area contributed by atoms with Crippen molar-refractivity contribution in [3.05, 3.63) is 23.8 Å². The van der Waals surface area contributed by atoms with Gasteiger partial charge in [-0.3, -0.25) is 0 Å². The average Bonchev–Trinajstić information content (AvgIpc) is 2.49. The van der Waals surface area contributed by atoms with Gasteiger partial charge >= 0.3 is 0 Å². The van der Waals surface area contributed by atoms with Crippen LogP contribution in [0.5, 0.6) is 5.75 Å². The van der Waals surface area contributed by atoms with Crippen molar-refractivity contribution in [2.75, 3.05) is 11.9 Å². The van der Waals surface area contributed by atoms with E-state index in [4.69, 9.17) is 0 Å². The molecule has 0 spiro atoms. The highest BCUT2D eigenvalue weighted by Crippen LogP contribution is 2.36. The normalized spacial score (nSPS) is 19.6. The molecule has 0 aromatic heterocycles. The summed E-state index contributed by atoms with van der Waals surface area (Å²) in [5.74, 6) is 0.968. The molecule has 0 radical (unpaired) electrons. The molecule has 13 heavy (non-hydrogen) atoms. The van der Waals surface area contributed by atoms with Gasteiger partial charge in [0, 0.05) is 18.2 Å². The molecule has 0 amide bonds. The summed E-state index contributed by atoms with van der Waals surface area (Å²) in [7, 11) is 0. The summed E-state index contributed by atoms with van der Waals surface area (Å²) < 4.78 is 0. The van der Waals surface area contributed by atoms with Crippen molar-refractivity contribution in [2.24, 2.45) is 0 Å². The van der Waals surface area contributed by atoms with Crippen LogP contribution >= 0.6 is 0 Å². The minimum Gasteiger partial charge on any atom is -0.508 e. The SMILES string of the molecule is CCCC1CNc2ccc(O)cc21. The maximum Gasteiger partial charge on any atom is 0.116 e. The van der Waals surface area contributed by atoms with Gasteiger partial charge in [-0.1, -0.05) is 13.3 Å². The van der Waals surface area contributed by atoms with E-state index >= 15 is 0 Å². The number of phenols is 1. The van der Waals surface area contributed by atoms with Crippen molar-refractivity contribution in [3.63, 3.8) is 0 Å². The first-order chi connectivity index (χ1) is 6.31. The van der Waals surface area contributed by atoms with E-state index in [0.717, 1.165) is 6.54 Å². The van der Waals surface area contributed by atoms with Gasteiger partial charge < -0.3 is 10.4 Å². The number of phenolic OH excluding ortho intramolecular Hbond substituents is 1. The van der Waals surface area contributed by atoms with E-state index in [9.17, 15) is 5.11 Å². The van der Waals surface area contributed by atoms with Crippen molar-refractivity contribution in [2.45, 2.75) is 25.7 Å². The second-order valence-corrected chi connectivity index (χ2v) is 3.64. The Labute approximate surface area is 78.6 Å². The first kappa shape index (κ1) is 8.42. The summed E-state index contributed by atoms with van der Waals surface area (Å²) in [5.41, 5.74) is 2.47. The Kier molecular flexibility index (Phi) is 2.13. The molecule has 0 bridgehead atoms. The highest BCUT2D eigenvalue weighted by Gasteiger charge is 2.21. The van der Waals surface area contributed by atoms with Crippen molar-refractivity contribution < 1.29 is 5.11 Å². The Bertz CT molecular complexity index is 307. The molecule has 0 aliphatic carbocycles. The zero-order valence-electron chi connectivity index (χ0n) is 7.88. The van der Waals surface area contributed by atoms with E-state index in [1.54, 1.807) is 6.07 Å². The number of nitrogens with one attached hydrogen (secondary N) is 1. The Morgan fingerprint density at radius 1 is 1.54 bits per heavy atom. The van der Waals surface area contributed by atoms with Gasteiger partial charge in [0.25, 0.3) is 0 Å². The summed E-state index contributed by atoms with van der Waals surface area (Å²) in [6.07, 6.45) is 2.39. The van der Waals surface area contributed by atoms with Crippen LogP contribution in [0.1, 0.15) is 31.2 Å². The second kappa shape index (κ2) is 3.29. The van der Waals surface area contributed by atoms with E-state index in [1.807, 2.05) is 12.1 Å². The van der Waals surface area contributed by atoms with Crippen molar-refractivity contribution in [1.29, 1.82) is 0 Å². The van der Waals surface area contributed by atoms with E-state index in [1.165, 1.54) is 24.1 Å². The molecular weight excluding hydrogens is 162 g/mol. The highest BCUT2D eigenvalue weighted by molar-refractivity contribution is 5.59. The molecule has 1 aliphatic rings. The van der Waals surface area contributed by atoms with Crippen LogP contribution in [0.4, 0.5) is 5.69 Å². The predicted octanol–water partition coefficient (Wildman–Crippen LogP) is 2.70. The van der Waals surface area contributed by atoms with E-state index in [0.29, 0.717) is 11.7 Å². The fourth-order valence-corrected chi connectivity index (χ4v) is 2.00. The largest absolute Gasteiger partial charge is 0.508 e. The molecule has 1 heterocycles. The van der Waals surface area contributed by atoms with E-state index in [2.05, 4.69) is 12.2 Å². The van der Waals surface area contributed by atoms with E-state index in [-0.39, 0.29) is 0 Å². The minimum absolute atomic E-state index is 0.378. The molecule has 2 nitrogen and oxygen atoms in total. The summed E-state index contributed by atoms with van der Waals surface area (Å²) in [6, 6.07) is 5.58.